The van der Waals surface area contributed by atoms with Gasteiger partial charge in [0.1, 0.15) is 5.60 Å². The fourth-order valence-electron chi connectivity index (χ4n) is 3.05. The molecule has 0 aromatic heterocycles. The lowest BCUT2D eigenvalue weighted by molar-refractivity contribution is 0.0674. The number of hydrogen-bond acceptors (Lipinski definition) is 2. The topological polar surface area (TPSA) is 29.5 Å². The summed E-state index contributed by atoms with van der Waals surface area (Å²) in [6, 6.07) is 16.5. The van der Waals surface area contributed by atoms with E-state index in [1.165, 1.54) is 11.1 Å². The molecule has 112 valence electrons. The van der Waals surface area contributed by atoms with Crippen LogP contribution in [0.1, 0.15) is 36.1 Å². The Bertz CT molecular complexity index is 562. The van der Waals surface area contributed by atoms with Gasteiger partial charge in [-0.1, -0.05) is 62.4 Å². The van der Waals surface area contributed by atoms with Crippen LogP contribution in [0, 0.1) is 19.8 Å². The van der Waals surface area contributed by atoms with Crippen molar-refractivity contribution in [2.45, 2.75) is 33.3 Å². The molecule has 21 heavy (non-hydrogen) atoms. The van der Waals surface area contributed by atoms with Crippen LogP contribution in [0.3, 0.4) is 0 Å². The average molecular weight is 302 g/mol. The third-order valence-electron chi connectivity index (χ3n) is 4.11. The smallest absolute Gasteiger partial charge is 0.153 e. The Morgan fingerprint density at radius 1 is 0.905 bits per heavy atom. The van der Waals surface area contributed by atoms with Crippen molar-refractivity contribution in [1.29, 1.82) is 0 Å². The monoisotopic (exact) mass is 302 g/mol. The normalized spacial score (nSPS) is 12.5. The zero-order valence-electron chi connectivity index (χ0n) is 13.1. The predicted molar refractivity (Wildman–Crippen MR) is 89.6 cm³/mol. The van der Waals surface area contributed by atoms with E-state index < -0.39 is 14.6 Å². The molecule has 0 fully saturated rings. The fraction of sp³-hybridized carbons (Fsp3) is 0.333. The van der Waals surface area contributed by atoms with Gasteiger partial charge in [0.15, 0.2) is 9.03 Å². The molecular weight excluding hydrogens is 279 g/mol. The maximum atomic E-state index is 9.56. The highest BCUT2D eigenvalue weighted by molar-refractivity contribution is 7.25. The Morgan fingerprint density at radius 2 is 1.33 bits per heavy atom. The zero-order valence-corrected chi connectivity index (χ0v) is 14.1. The highest BCUT2D eigenvalue weighted by Gasteiger charge is 2.41. The minimum absolute atomic E-state index is 0.194. The molecule has 2 aromatic rings. The van der Waals surface area contributed by atoms with Gasteiger partial charge in [-0.25, -0.2) is 0 Å². The predicted octanol–water partition coefficient (Wildman–Crippen LogP) is 4.72. The summed E-state index contributed by atoms with van der Waals surface area (Å²) in [4.78, 5) is 9.56. The first-order valence-electron chi connectivity index (χ1n) is 7.23. The Hall–Kier alpha value is -1.21. The Balaban J connectivity index is 2.76. The first-order valence-corrected chi connectivity index (χ1v) is 8.09. The average Bonchev–Trinajstić information content (AvgIpc) is 2.46. The van der Waals surface area contributed by atoms with Gasteiger partial charge >= 0.3 is 0 Å². The molecule has 0 radical (unpaired) electrons. The molecule has 3 heteroatoms. The van der Waals surface area contributed by atoms with E-state index in [2.05, 4.69) is 52.0 Å². The molecule has 0 bridgehead atoms. The fourth-order valence-corrected chi connectivity index (χ4v) is 3.65. The SMILES string of the molecule is Cc1ccccc1C(OPO)(c1ccccc1C)C(C)C. The standard InChI is InChI=1S/C18H23O2P/c1-13(2)18(20-21-19,16-11-7-5-9-14(16)3)17-12-8-6-10-15(17)4/h5-13,19,21H,1-4H3. The summed E-state index contributed by atoms with van der Waals surface area (Å²) in [5.74, 6) is 0.194. The van der Waals surface area contributed by atoms with Crippen LogP contribution in [0.25, 0.3) is 0 Å². The summed E-state index contributed by atoms with van der Waals surface area (Å²) in [6.45, 7) is 8.46. The van der Waals surface area contributed by atoms with E-state index in [-0.39, 0.29) is 5.92 Å². The van der Waals surface area contributed by atoms with Crippen LogP contribution in [-0.2, 0) is 10.1 Å². The van der Waals surface area contributed by atoms with Crippen LogP contribution < -0.4 is 0 Å². The van der Waals surface area contributed by atoms with Crippen molar-refractivity contribution in [1.82, 2.24) is 0 Å². The lowest BCUT2D eigenvalue weighted by Gasteiger charge is -2.39. The van der Waals surface area contributed by atoms with Crippen LogP contribution in [0.4, 0.5) is 0 Å². The molecule has 2 rings (SSSR count). The van der Waals surface area contributed by atoms with Crippen LogP contribution in [0.15, 0.2) is 48.5 Å². The number of hydrogen-bond donors (Lipinski definition) is 1. The van der Waals surface area contributed by atoms with Gasteiger partial charge in [0, 0.05) is 0 Å². The molecule has 2 aromatic carbocycles. The van der Waals surface area contributed by atoms with Gasteiger partial charge in [-0.15, -0.1) is 0 Å². The molecule has 2 nitrogen and oxygen atoms in total. The van der Waals surface area contributed by atoms with Crippen LogP contribution in [-0.4, -0.2) is 4.89 Å². The zero-order chi connectivity index (χ0) is 15.5. The molecule has 1 unspecified atom stereocenters. The molecule has 0 aliphatic rings. The quantitative estimate of drug-likeness (QED) is 0.810. The summed E-state index contributed by atoms with van der Waals surface area (Å²) in [5, 5.41) is 0. The summed E-state index contributed by atoms with van der Waals surface area (Å²) < 4.78 is 6.01. The second-order valence-electron chi connectivity index (χ2n) is 5.71. The summed E-state index contributed by atoms with van der Waals surface area (Å²) in [6.07, 6.45) is 0. The third kappa shape index (κ3) is 2.89. The van der Waals surface area contributed by atoms with Crippen molar-refractivity contribution in [3.63, 3.8) is 0 Å². The van der Waals surface area contributed by atoms with E-state index in [9.17, 15) is 4.89 Å². The van der Waals surface area contributed by atoms with E-state index in [1.54, 1.807) is 0 Å². The van der Waals surface area contributed by atoms with Crippen molar-refractivity contribution in [2.75, 3.05) is 0 Å². The maximum Gasteiger partial charge on any atom is 0.153 e. The minimum Gasteiger partial charge on any atom is -0.352 e. The van der Waals surface area contributed by atoms with Crippen molar-refractivity contribution >= 4 is 9.03 Å². The van der Waals surface area contributed by atoms with Crippen LogP contribution >= 0.6 is 9.03 Å². The maximum absolute atomic E-state index is 9.56. The molecule has 1 atom stereocenters. The number of benzene rings is 2. The van der Waals surface area contributed by atoms with Crippen LogP contribution in [0.2, 0.25) is 0 Å². The lowest BCUT2D eigenvalue weighted by Crippen LogP contribution is -2.36. The van der Waals surface area contributed by atoms with Gasteiger partial charge < -0.3 is 9.42 Å². The molecule has 0 aliphatic heterocycles. The highest BCUT2D eigenvalue weighted by atomic mass is 31.1. The third-order valence-corrected chi connectivity index (χ3v) is 4.52. The van der Waals surface area contributed by atoms with Crippen molar-refractivity contribution < 1.29 is 9.42 Å². The van der Waals surface area contributed by atoms with E-state index in [0.717, 1.165) is 11.1 Å². The van der Waals surface area contributed by atoms with Gasteiger partial charge in [0.05, 0.1) is 0 Å². The molecule has 0 heterocycles. The van der Waals surface area contributed by atoms with E-state index in [0.29, 0.717) is 0 Å². The van der Waals surface area contributed by atoms with Crippen LogP contribution in [0.5, 0.6) is 0 Å². The minimum atomic E-state index is -0.621. The lowest BCUT2D eigenvalue weighted by atomic mass is 9.75. The summed E-state index contributed by atoms with van der Waals surface area (Å²) >= 11 is 0. The van der Waals surface area contributed by atoms with E-state index in [1.807, 2.05) is 24.3 Å². The van der Waals surface area contributed by atoms with Gasteiger partial charge in [-0.05, 0) is 42.0 Å². The summed E-state index contributed by atoms with van der Waals surface area (Å²) in [5.41, 5.74) is 3.97. The Labute approximate surface area is 129 Å². The molecule has 0 spiro atoms. The molecule has 1 N–H and O–H groups in total. The van der Waals surface area contributed by atoms with Gasteiger partial charge in [0.25, 0.3) is 0 Å². The molecule has 0 amide bonds. The number of rotatable bonds is 5. The molecule has 0 aliphatic carbocycles. The van der Waals surface area contributed by atoms with Crippen molar-refractivity contribution in [3.05, 3.63) is 70.8 Å². The van der Waals surface area contributed by atoms with Crippen molar-refractivity contribution in [2.24, 2.45) is 5.92 Å². The first kappa shape index (κ1) is 16.2. The molecular formula is C18H23O2P. The largest absolute Gasteiger partial charge is 0.352 e. The summed E-state index contributed by atoms with van der Waals surface area (Å²) in [7, 11) is -0.554. The molecule has 0 saturated carbocycles. The molecule has 0 saturated heterocycles. The van der Waals surface area contributed by atoms with Gasteiger partial charge in [0.2, 0.25) is 0 Å². The van der Waals surface area contributed by atoms with E-state index in [4.69, 9.17) is 4.52 Å². The first-order chi connectivity index (χ1) is 10.0. The van der Waals surface area contributed by atoms with E-state index >= 15 is 0 Å². The second-order valence-corrected chi connectivity index (χ2v) is 6.10. The second kappa shape index (κ2) is 6.70. The number of aryl methyl sites for hydroxylation is 2. The van der Waals surface area contributed by atoms with Gasteiger partial charge in [-0.2, -0.15) is 0 Å². The van der Waals surface area contributed by atoms with Crippen molar-refractivity contribution in [3.8, 4) is 0 Å². The Morgan fingerprint density at radius 3 is 1.67 bits per heavy atom. The Kier molecular flexibility index (Phi) is 5.16. The highest BCUT2D eigenvalue weighted by Crippen LogP contribution is 2.46. The van der Waals surface area contributed by atoms with Gasteiger partial charge in [-0.3, -0.25) is 0 Å².